The molecule has 0 unspecified atom stereocenters. The molecule has 1 aliphatic rings. The van der Waals surface area contributed by atoms with E-state index in [0.29, 0.717) is 0 Å². The molecule has 0 heterocycles. The zero-order valence-corrected chi connectivity index (χ0v) is 12.2. The lowest BCUT2D eigenvalue weighted by molar-refractivity contribution is -0.137. The number of rotatable bonds is 5. The lowest BCUT2D eigenvalue weighted by atomic mass is 9.89. The maximum absolute atomic E-state index is 11.1. The Kier molecular flexibility index (Phi) is 3.24. The zero-order valence-electron chi connectivity index (χ0n) is 12.2. The van der Waals surface area contributed by atoms with Gasteiger partial charge in [-0.1, -0.05) is 24.3 Å². The Morgan fingerprint density at radius 1 is 1.14 bits per heavy atom. The van der Waals surface area contributed by atoms with Gasteiger partial charge in [0.05, 0.1) is 20.6 Å². The van der Waals surface area contributed by atoms with E-state index in [2.05, 4.69) is 0 Å². The Morgan fingerprint density at radius 2 is 1.90 bits per heavy atom. The first kappa shape index (κ1) is 13.7. The van der Waals surface area contributed by atoms with E-state index in [0.717, 1.165) is 40.7 Å². The van der Waals surface area contributed by atoms with Crippen LogP contribution in [0.5, 0.6) is 11.5 Å². The average molecular weight is 286 g/mol. The second-order valence-corrected chi connectivity index (χ2v) is 5.55. The largest absolute Gasteiger partial charge is 0.496 e. The fraction of sp³-hybridized carbons (Fsp3) is 0.353. The number of ether oxygens (including phenoxy) is 2. The monoisotopic (exact) mass is 286 g/mol. The summed E-state index contributed by atoms with van der Waals surface area (Å²) >= 11 is 0. The molecule has 0 bridgehead atoms. The number of carboxylic acids is 1. The van der Waals surface area contributed by atoms with Crippen molar-refractivity contribution in [2.75, 3.05) is 14.2 Å². The molecule has 1 saturated carbocycles. The molecule has 1 N–H and O–H groups in total. The highest BCUT2D eigenvalue weighted by Gasteiger charge is 2.48. The van der Waals surface area contributed by atoms with Crippen LogP contribution in [0.3, 0.4) is 0 Å². The topological polar surface area (TPSA) is 55.8 Å². The lowest BCUT2D eigenvalue weighted by Gasteiger charge is -2.19. The lowest BCUT2D eigenvalue weighted by Crippen LogP contribution is -2.14. The summed E-state index contributed by atoms with van der Waals surface area (Å²) in [5, 5.41) is 11.1. The predicted octanol–water partition coefficient (Wildman–Crippen LogP) is 3.36. The van der Waals surface area contributed by atoms with E-state index in [1.54, 1.807) is 14.2 Å². The molecule has 1 fully saturated rings. The zero-order chi connectivity index (χ0) is 15.0. The van der Waals surface area contributed by atoms with Gasteiger partial charge >= 0.3 is 5.97 Å². The molecule has 4 heteroatoms. The summed E-state index contributed by atoms with van der Waals surface area (Å²) in [6, 6.07) is 9.79. The first-order chi connectivity index (χ1) is 10.1. The number of hydrogen-bond acceptors (Lipinski definition) is 3. The maximum Gasteiger partial charge on any atom is 0.304 e. The number of carbonyl (C=O) groups is 1. The van der Waals surface area contributed by atoms with Crippen LogP contribution in [0.25, 0.3) is 10.8 Å². The van der Waals surface area contributed by atoms with Gasteiger partial charge in [-0.15, -0.1) is 0 Å². The van der Waals surface area contributed by atoms with Crippen molar-refractivity contribution in [3.63, 3.8) is 0 Å². The van der Waals surface area contributed by atoms with E-state index in [9.17, 15) is 4.79 Å². The van der Waals surface area contributed by atoms with E-state index in [1.807, 2.05) is 30.3 Å². The van der Waals surface area contributed by atoms with E-state index in [1.165, 1.54) is 0 Å². The Bertz CT molecular complexity index is 701. The van der Waals surface area contributed by atoms with Gasteiger partial charge in [0, 0.05) is 21.8 Å². The summed E-state index contributed by atoms with van der Waals surface area (Å²) in [6.45, 7) is 0. The molecule has 0 aliphatic heterocycles. The average Bonchev–Trinajstić information content (AvgIpc) is 3.24. The van der Waals surface area contributed by atoms with E-state index in [4.69, 9.17) is 14.6 Å². The molecule has 4 nitrogen and oxygen atoms in total. The SMILES string of the molecule is COc1cccc2c(OC)c(C3(CC(=O)O)CC3)ccc12. The van der Waals surface area contributed by atoms with Gasteiger partial charge in [-0.25, -0.2) is 0 Å². The number of benzene rings is 2. The van der Waals surface area contributed by atoms with Crippen LogP contribution in [0.1, 0.15) is 24.8 Å². The molecule has 0 amide bonds. The first-order valence-electron chi connectivity index (χ1n) is 6.97. The number of hydrogen-bond donors (Lipinski definition) is 1. The van der Waals surface area contributed by atoms with Crippen molar-refractivity contribution in [2.45, 2.75) is 24.7 Å². The van der Waals surface area contributed by atoms with Crippen molar-refractivity contribution in [3.05, 3.63) is 35.9 Å². The Morgan fingerprint density at radius 3 is 2.48 bits per heavy atom. The molecule has 110 valence electrons. The van der Waals surface area contributed by atoms with Crippen LogP contribution in [0.15, 0.2) is 30.3 Å². The van der Waals surface area contributed by atoms with Crippen molar-refractivity contribution in [1.82, 2.24) is 0 Å². The Balaban J connectivity index is 2.19. The van der Waals surface area contributed by atoms with Crippen LogP contribution < -0.4 is 9.47 Å². The molecule has 0 spiro atoms. The fourth-order valence-corrected chi connectivity index (χ4v) is 3.10. The van der Waals surface area contributed by atoms with Gasteiger partial charge in [0.1, 0.15) is 11.5 Å². The molecule has 0 radical (unpaired) electrons. The molecule has 0 atom stereocenters. The van der Waals surface area contributed by atoms with E-state index < -0.39 is 5.97 Å². The minimum Gasteiger partial charge on any atom is -0.496 e. The Hall–Kier alpha value is -2.23. The quantitative estimate of drug-likeness (QED) is 0.915. The van der Waals surface area contributed by atoms with Crippen molar-refractivity contribution >= 4 is 16.7 Å². The van der Waals surface area contributed by atoms with Gasteiger partial charge in [-0.3, -0.25) is 4.79 Å². The molecule has 0 saturated heterocycles. The molecule has 2 aromatic carbocycles. The van der Waals surface area contributed by atoms with Crippen LogP contribution in [-0.4, -0.2) is 25.3 Å². The second-order valence-electron chi connectivity index (χ2n) is 5.55. The van der Waals surface area contributed by atoms with Gasteiger partial charge in [-0.2, -0.15) is 0 Å². The third kappa shape index (κ3) is 2.20. The van der Waals surface area contributed by atoms with Crippen LogP contribution in [0, 0.1) is 0 Å². The Labute approximate surface area is 123 Å². The van der Waals surface area contributed by atoms with E-state index >= 15 is 0 Å². The van der Waals surface area contributed by atoms with E-state index in [-0.39, 0.29) is 11.8 Å². The first-order valence-corrected chi connectivity index (χ1v) is 6.97. The minimum atomic E-state index is -0.764. The summed E-state index contributed by atoms with van der Waals surface area (Å²) in [5.74, 6) is 0.797. The molecule has 21 heavy (non-hydrogen) atoms. The summed E-state index contributed by atoms with van der Waals surface area (Å²) < 4.78 is 11.0. The standard InChI is InChI=1S/C17H18O4/c1-20-14-5-3-4-12-11(14)6-7-13(16(12)21-2)17(8-9-17)10-15(18)19/h3-7H,8-10H2,1-2H3,(H,18,19). The minimum absolute atomic E-state index is 0.152. The van der Waals surface area contributed by atoms with Crippen molar-refractivity contribution in [2.24, 2.45) is 0 Å². The third-order valence-corrected chi connectivity index (χ3v) is 4.31. The third-order valence-electron chi connectivity index (χ3n) is 4.31. The molecule has 1 aliphatic carbocycles. The molecule has 2 aromatic rings. The molecule has 0 aromatic heterocycles. The number of carboxylic acid groups (broad SMARTS) is 1. The normalized spacial score (nSPS) is 15.7. The van der Waals surface area contributed by atoms with Gasteiger partial charge < -0.3 is 14.6 Å². The summed E-state index contributed by atoms with van der Waals surface area (Å²) in [6.07, 6.45) is 1.94. The van der Waals surface area contributed by atoms with Gasteiger partial charge in [0.25, 0.3) is 0 Å². The van der Waals surface area contributed by atoms with Crippen molar-refractivity contribution < 1.29 is 19.4 Å². The van der Waals surface area contributed by atoms with Crippen LogP contribution in [0.4, 0.5) is 0 Å². The highest BCUT2D eigenvalue weighted by atomic mass is 16.5. The molecular weight excluding hydrogens is 268 g/mol. The van der Waals surface area contributed by atoms with Gasteiger partial charge in [0.15, 0.2) is 0 Å². The van der Waals surface area contributed by atoms with Crippen LogP contribution in [0.2, 0.25) is 0 Å². The number of methoxy groups -OCH3 is 2. The highest BCUT2D eigenvalue weighted by Crippen LogP contribution is 2.55. The molecular formula is C17H18O4. The number of fused-ring (bicyclic) bond motifs is 1. The highest BCUT2D eigenvalue weighted by molar-refractivity contribution is 5.94. The van der Waals surface area contributed by atoms with Crippen molar-refractivity contribution in [3.8, 4) is 11.5 Å². The van der Waals surface area contributed by atoms with Crippen molar-refractivity contribution in [1.29, 1.82) is 0 Å². The predicted molar refractivity (Wildman–Crippen MR) is 80.2 cm³/mol. The summed E-state index contributed by atoms with van der Waals surface area (Å²) in [5.41, 5.74) is 0.724. The van der Waals surface area contributed by atoms with Gasteiger partial charge in [-0.05, 0) is 18.9 Å². The van der Waals surface area contributed by atoms with Crippen LogP contribution >= 0.6 is 0 Å². The summed E-state index contributed by atoms with van der Waals surface area (Å²) in [4.78, 5) is 11.1. The maximum atomic E-state index is 11.1. The smallest absolute Gasteiger partial charge is 0.304 e. The van der Waals surface area contributed by atoms with Gasteiger partial charge in [0.2, 0.25) is 0 Å². The summed E-state index contributed by atoms with van der Waals surface area (Å²) in [7, 11) is 3.27. The van der Waals surface area contributed by atoms with Crippen LogP contribution in [-0.2, 0) is 10.2 Å². The fourth-order valence-electron chi connectivity index (χ4n) is 3.10. The molecule has 3 rings (SSSR count). The number of aliphatic carboxylic acids is 1. The second kappa shape index (κ2) is 4.95.